The van der Waals surface area contributed by atoms with Crippen LogP contribution in [0.5, 0.6) is 0 Å². The number of amides is 2. The summed E-state index contributed by atoms with van der Waals surface area (Å²) < 4.78 is 40.2. The van der Waals surface area contributed by atoms with Gasteiger partial charge >= 0.3 is 12.1 Å². The summed E-state index contributed by atoms with van der Waals surface area (Å²) in [6.45, 7) is 1.80. The van der Waals surface area contributed by atoms with Gasteiger partial charge in [-0.15, -0.1) is 22.0 Å². The number of β-lactam (4-membered cyclic amide) rings is 1. The van der Waals surface area contributed by atoms with Crippen LogP contribution in [0.1, 0.15) is 21.2 Å². The third-order valence-corrected chi connectivity index (χ3v) is 9.04. The number of carbonyl (C=O) groups is 3. The molecule has 2 amide bonds. The first kappa shape index (κ1) is 25.0. The molecule has 2 aliphatic heterocycles. The van der Waals surface area contributed by atoms with Gasteiger partial charge in [0, 0.05) is 18.6 Å². The van der Waals surface area contributed by atoms with Gasteiger partial charge in [-0.1, -0.05) is 23.1 Å². The standard InChI is InChI=1S/C17H14BrF3N6O4S3/c1-5-23-24-16(34-5)33-4-6-3-32-14-9(13(29)27(14)10(6)15(30)31)22-12(28)8-7(18)11(17(19,20)21)26(2)25-8/h9,14H,3-4H2,1-2H3,(H,22,28)(H,30,31)/t9-,14-/m0/s1. The molecule has 0 aromatic carbocycles. The van der Waals surface area contributed by atoms with E-state index in [1.165, 1.54) is 34.9 Å². The Labute approximate surface area is 210 Å². The number of carboxylic acids is 1. The van der Waals surface area contributed by atoms with E-state index in [2.05, 4.69) is 36.5 Å². The Morgan fingerprint density at radius 3 is 2.62 bits per heavy atom. The summed E-state index contributed by atoms with van der Waals surface area (Å²) in [5.74, 6) is -2.35. The molecule has 2 atom stereocenters. The van der Waals surface area contributed by atoms with E-state index in [4.69, 9.17) is 0 Å². The Bertz CT molecular complexity index is 1230. The van der Waals surface area contributed by atoms with E-state index in [-0.39, 0.29) is 11.4 Å². The lowest BCUT2D eigenvalue weighted by Gasteiger charge is -2.49. The van der Waals surface area contributed by atoms with Crippen molar-refractivity contribution in [1.82, 2.24) is 30.2 Å². The number of nitrogens with zero attached hydrogens (tertiary/aromatic N) is 5. The quantitative estimate of drug-likeness (QED) is 0.380. The van der Waals surface area contributed by atoms with E-state index in [0.29, 0.717) is 20.3 Å². The van der Waals surface area contributed by atoms with Crippen molar-refractivity contribution in [3.8, 4) is 0 Å². The maximum absolute atomic E-state index is 13.2. The Balaban J connectivity index is 1.50. The predicted octanol–water partition coefficient (Wildman–Crippen LogP) is 2.51. The summed E-state index contributed by atoms with van der Waals surface area (Å²) in [7, 11) is 1.05. The number of hydrogen-bond donors (Lipinski definition) is 2. The number of carbonyl (C=O) groups excluding carboxylic acids is 2. The van der Waals surface area contributed by atoms with E-state index in [1.807, 2.05) is 0 Å². The number of thioether (sulfide) groups is 2. The van der Waals surface area contributed by atoms with Gasteiger partial charge in [-0.3, -0.25) is 19.2 Å². The minimum Gasteiger partial charge on any atom is -0.477 e. The Kier molecular flexibility index (Phi) is 6.73. The summed E-state index contributed by atoms with van der Waals surface area (Å²) in [4.78, 5) is 38.4. The van der Waals surface area contributed by atoms with Gasteiger partial charge in [-0.2, -0.15) is 18.3 Å². The first-order valence-electron chi connectivity index (χ1n) is 9.33. The lowest BCUT2D eigenvalue weighted by molar-refractivity contribution is -0.148. The van der Waals surface area contributed by atoms with E-state index >= 15 is 0 Å². The third kappa shape index (κ3) is 4.45. The molecule has 0 radical (unpaired) electrons. The first-order valence-corrected chi connectivity index (χ1v) is 13.0. The maximum Gasteiger partial charge on any atom is 0.434 e. The minimum atomic E-state index is -4.75. The molecule has 34 heavy (non-hydrogen) atoms. The fourth-order valence-corrected chi connectivity index (χ4v) is 7.48. The van der Waals surface area contributed by atoms with E-state index in [9.17, 15) is 32.7 Å². The topological polar surface area (TPSA) is 130 Å². The van der Waals surface area contributed by atoms with Crippen LogP contribution in [0.4, 0.5) is 13.2 Å². The average Bonchev–Trinajstić information content (AvgIpc) is 3.30. The number of alkyl halides is 3. The molecule has 0 spiro atoms. The number of aliphatic carboxylic acids is 1. The van der Waals surface area contributed by atoms with Crippen LogP contribution < -0.4 is 5.32 Å². The summed E-state index contributed by atoms with van der Waals surface area (Å²) in [5.41, 5.74) is -1.31. The lowest BCUT2D eigenvalue weighted by atomic mass is 10.0. The average molecular weight is 599 g/mol. The molecule has 4 heterocycles. The summed E-state index contributed by atoms with van der Waals surface area (Å²) in [6, 6.07) is -1.10. The molecule has 0 unspecified atom stereocenters. The Hall–Kier alpha value is -2.11. The van der Waals surface area contributed by atoms with E-state index in [1.54, 1.807) is 6.92 Å². The van der Waals surface area contributed by atoms with Gasteiger partial charge in [0.2, 0.25) is 0 Å². The molecule has 2 N–H and O–H groups in total. The summed E-state index contributed by atoms with van der Waals surface area (Å²) in [6.07, 6.45) is -4.75. The number of fused-ring (bicyclic) bond motifs is 1. The fraction of sp³-hybridized carbons (Fsp3) is 0.412. The predicted molar refractivity (Wildman–Crippen MR) is 120 cm³/mol. The largest absolute Gasteiger partial charge is 0.477 e. The highest BCUT2D eigenvalue weighted by Gasteiger charge is 2.54. The lowest BCUT2D eigenvalue weighted by Crippen LogP contribution is -2.70. The van der Waals surface area contributed by atoms with Gasteiger partial charge in [0.15, 0.2) is 15.7 Å². The van der Waals surface area contributed by atoms with Crippen molar-refractivity contribution in [3.05, 3.63) is 32.1 Å². The van der Waals surface area contributed by atoms with Crippen LogP contribution >= 0.6 is 50.8 Å². The van der Waals surface area contributed by atoms with Crippen LogP contribution in [0.3, 0.4) is 0 Å². The molecular weight excluding hydrogens is 585 g/mol. The van der Waals surface area contributed by atoms with Crippen LogP contribution in [0.2, 0.25) is 0 Å². The Morgan fingerprint density at radius 1 is 1.35 bits per heavy atom. The minimum absolute atomic E-state index is 0.161. The van der Waals surface area contributed by atoms with Crippen LogP contribution in [-0.2, 0) is 22.8 Å². The molecule has 4 rings (SSSR count). The van der Waals surface area contributed by atoms with Gasteiger partial charge < -0.3 is 10.4 Å². The normalized spacial score (nSPS) is 20.3. The van der Waals surface area contributed by atoms with E-state index in [0.717, 1.165) is 17.0 Å². The van der Waals surface area contributed by atoms with Crippen LogP contribution in [0.15, 0.2) is 20.1 Å². The van der Waals surface area contributed by atoms with Crippen LogP contribution in [-0.4, -0.2) is 70.7 Å². The number of aryl methyl sites for hydroxylation is 2. The van der Waals surface area contributed by atoms with Gasteiger partial charge in [0.25, 0.3) is 11.8 Å². The maximum atomic E-state index is 13.2. The fourth-order valence-electron chi connectivity index (χ4n) is 3.44. The van der Waals surface area contributed by atoms with Gasteiger partial charge in [-0.05, 0) is 28.4 Å². The molecule has 17 heteroatoms. The summed E-state index contributed by atoms with van der Waals surface area (Å²) in [5, 5.41) is 23.7. The van der Waals surface area contributed by atoms with Crippen molar-refractivity contribution in [3.63, 3.8) is 0 Å². The highest BCUT2D eigenvalue weighted by molar-refractivity contribution is 9.10. The number of halogens is 4. The number of carboxylic acid groups (broad SMARTS) is 1. The Morgan fingerprint density at radius 2 is 2.06 bits per heavy atom. The van der Waals surface area contributed by atoms with Crippen molar-refractivity contribution in [2.24, 2.45) is 7.05 Å². The molecular formula is C17H14BrF3N6O4S3. The summed E-state index contributed by atoms with van der Waals surface area (Å²) >= 11 is 6.69. The molecule has 10 nitrogen and oxygen atoms in total. The molecule has 2 aromatic heterocycles. The zero-order valence-electron chi connectivity index (χ0n) is 17.2. The third-order valence-electron chi connectivity index (χ3n) is 4.89. The second-order valence-electron chi connectivity index (χ2n) is 7.13. The molecule has 2 aliphatic rings. The molecule has 1 fully saturated rings. The molecule has 0 saturated carbocycles. The molecule has 0 aliphatic carbocycles. The van der Waals surface area contributed by atoms with Crippen molar-refractivity contribution in [2.75, 3.05) is 11.5 Å². The SMILES string of the molecule is Cc1nnc(SCC2=C(C(=O)O)N3C(=O)[C@H](NC(=O)c4nn(C)c(C(F)(F)F)c4Br)[C@@H]3SC2)s1. The van der Waals surface area contributed by atoms with Gasteiger partial charge in [-0.25, -0.2) is 4.79 Å². The zero-order valence-corrected chi connectivity index (χ0v) is 21.2. The first-order chi connectivity index (χ1) is 15.9. The molecule has 2 aromatic rings. The van der Waals surface area contributed by atoms with Crippen molar-refractivity contribution < 1.29 is 32.7 Å². The van der Waals surface area contributed by atoms with Crippen molar-refractivity contribution >= 4 is 68.6 Å². The molecule has 0 bridgehead atoms. The number of aromatic nitrogens is 4. The second-order valence-corrected chi connectivity index (χ2v) is 11.4. The van der Waals surface area contributed by atoms with Crippen LogP contribution in [0.25, 0.3) is 0 Å². The van der Waals surface area contributed by atoms with Crippen molar-refractivity contribution in [1.29, 1.82) is 0 Å². The van der Waals surface area contributed by atoms with Crippen molar-refractivity contribution in [2.45, 2.75) is 28.9 Å². The van der Waals surface area contributed by atoms with Gasteiger partial charge in [0.1, 0.15) is 22.1 Å². The second kappa shape index (κ2) is 9.16. The number of nitrogens with one attached hydrogen (secondary N) is 1. The number of hydrogen-bond acceptors (Lipinski definition) is 9. The van der Waals surface area contributed by atoms with Gasteiger partial charge in [0.05, 0.1) is 4.47 Å². The monoisotopic (exact) mass is 598 g/mol. The zero-order chi connectivity index (χ0) is 24.9. The molecule has 182 valence electrons. The highest BCUT2D eigenvalue weighted by atomic mass is 79.9. The van der Waals surface area contributed by atoms with E-state index < -0.39 is 51.2 Å². The number of rotatable bonds is 6. The van der Waals surface area contributed by atoms with Crippen LogP contribution in [0, 0.1) is 6.92 Å². The molecule has 1 saturated heterocycles. The smallest absolute Gasteiger partial charge is 0.434 e. The highest BCUT2D eigenvalue weighted by Crippen LogP contribution is 2.42.